The van der Waals surface area contributed by atoms with Crippen LogP contribution in [0.15, 0.2) is 35.4 Å². The number of nitrogens with two attached hydrogens (primary N) is 1. The van der Waals surface area contributed by atoms with E-state index in [1.165, 1.54) is 11.8 Å². The number of amides is 1. The zero-order valence-electron chi connectivity index (χ0n) is 22.0. The Morgan fingerprint density at radius 1 is 1.03 bits per heavy atom. The molecule has 1 atom stereocenters. The molecule has 2 aromatic rings. The molecule has 9 heteroatoms. The summed E-state index contributed by atoms with van der Waals surface area (Å²) in [6.45, 7) is 7.29. The summed E-state index contributed by atoms with van der Waals surface area (Å²) in [5.74, 6) is 1.01. The quantitative estimate of drug-likeness (QED) is 0.517. The van der Waals surface area contributed by atoms with Crippen LogP contribution in [0.25, 0.3) is 0 Å². The highest BCUT2D eigenvalue weighted by Crippen LogP contribution is 2.48. The minimum atomic E-state index is -0.669. The molecule has 38 heavy (non-hydrogen) atoms. The predicted octanol–water partition coefficient (Wildman–Crippen LogP) is 3.48. The largest absolute Gasteiger partial charge is 0.368 e. The number of benzene rings is 1. The maximum absolute atomic E-state index is 12.5. The first kappa shape index (κ1) is 26.5. The third kappa shape index (κ3) is 5.81. The third-order valence-corrected chi connectivity index (χ3v) is 9.27. The number of rotatable bonds is 8. The van der Waals surface area contributed by atoms with Gasteiger partial charge >= 0.3 is 0 Å². The van der Waals surface area contributed by atoms with E-state index in [0.717, 1.165) is 82.6 Å². The van der Waals surface area contributed by atoms with Crippen molar-refractivity contribution in [1.82, 2.24) is 14.8 Å². The van der Waals surface area contributed by atoms with Crippen molar-refractivity contribution in [2.24, 2.45) is 11.7 Å². The van der Waals surface area contributed by atoms with Crippen LogP contribution in [0.1, 0.15) is 59.1 Å². The van der Waals surface area contributed by atoms with E-state index in [0.29, 0.717) is 27.9 Å². The molecule has 1 aliphatic carbocycles. The summed E-state index contributed by atoms with van der Waals surface area (Å²) >= 11 is 1.23. The molecule has 1 unspecified atom stereocenters. The summed E-state index contributed by atoms with van der Waals surface area (Å²) in [6.07, 6.45) is 4.02. The van der Waals surface area contributed by atoms with Gasteiger partial charge in [-0.1, -0.05) is 42.1 Å². The number of piperidine rings is 1. The van der Waals surface area contributed by atoms with Gasteiger partial charge in [-0.05, 0) is 55.7 Å². The molecule has 2 N–H and O–H groups in total. The molecule has 2 saturated heterocycles. The minimum absolute atomic E-state index is 0.193. The lowest BCUT2D eigenvalue weighted by atomic mass is 9.94. The van der Waals surface area contributed by atoms with E-state index < -0.39 is 11.2 Å². The molecule has 3 heterocycles. The first-order valence-corrected chi connectivity index (χ1v) is 14.4. The number of carbonyl (C=O) groups is 1. The number of nitrogens with zero attached hydrogens (tertiary/aromatic N) is 6. The number of aromatic nitrogens is 1. The zero-order valence-corrected chi connectivity index (χ0v) is 22.8. The Balaban J connectivity index is 1.41. The van der Waals surface area contributed by atoms with Gasteiger partial charge in [-0.2, -0.15) is 10.5 Å². The van der Waals surface area contributed by atoms with Crippen LogP contribution < -0.4 is 10.6 Å². The number of thioether (sulfide) groups is 1. The van der Waals surface area contributed by atoms with E-state index in [4.69, 9.17) is 10.7 Å². The van der Waals surface area contributed by atoms with Gasteiger partial charge in [-0.25, -0.2) is 4.98 Å². The van der Waals surface area contributed by atoms with Gasteiger partial charge in [-0.15, -0.1) is 0 Å². The smallest absolute Gasteiger partial charge is 0.235 e. The molecule has 3 aliphatic rings. The van der Waals surface area contributed by atoms with E-state index in [-0.39, 0.29) is 5.92 Å². The van der Waals surface area contributed by atoms with Crippen LogP contribution in [0.4, 0.5) is 5.82 Å². The van der Waals surface area contributed by atoms with Crippen molar-refractivity contribution < 1.29 is 4.79 Å². The van der Waals surface area contributed by atoms with Crippen LogP contribution >= 0.6 is 11.8 Å². The van der Waals surface area contributed by atoms with Crippen LogP contribution in [0.3, 0.4) is 0 Å². The number of carbonyl (C=O) groups excluding carboxylic acids is 1. The SMILES string of the molecule is CN1CCN(CC2CCN(c3nc(SC(C(N)=O)c4ccccc4)c(C#N)c(C4CC4)c3C#N)CC2)CC1. The average molecular weight is 530 g/mol. The van der Waals surface area contributed by atoms with Gasteiger partial charge in [0.05, 0.1) is 11.1 Å². The van der Waals surface area contributed by atoms with E-state index >= 15 is 0 Å². The first-order valence-electron chi connectivity index (χ1n) is 13.5. The van der Waals surface area contributed by atoms with Crippen molar-refractivity contribution in [2.45, 2.75) is 41.9 Å². The summed E-state index contributed by atoms with van der Waals surface area (Å²) in [7, 11) is 2.18. The highest BCUT2D eigenvalue weighted by Gasteiger charge is 2.36. The maximum atomic E-state index is 12.5. The Hall–Kier alpha value is -3.11. The van der Waals surface area contributed by atoms with Gasteiger partial charge < -0.3 is 20.4 Å². The van der Waals surface area contributed by atoms with Crippen molar-refractivity contribution in [3.8, 4) is 12.1 Å². The van der Waals surface area contributed by atoms with Crippen molar-refractivity contribution in [2.75, 3.05) is 57.8 Å². The van der Waals surface area contributed by atoms with Crippen LogP contribution in [-0.2, 0) is 4.79 Å². The van der Waals surface area contributed by atoms with Crippen LogP contribution in [-0.4, -0.2) is 73.6 Å². The summed E-state index contributed by atoms with van der Waals surface area (Å²) in [5, 5.41) is 20.2. The normalized spacial score (nSPS) is 20.0. The van der Waals surface area contributed by atoms with Crippen LogP contribution in [0, 0.1) is 28.6 Å². The van der Waals surface area contributed by atoms with Crippen molar-refractivity contribution in [3.63, 3.8) is 0 Å². The second-order valence-electron chi connectivity index (χ2n) is 10.7. The predicted molar refractivity (Wildman–Crippen MR) is 149 cm³/mol. The number of piperazine rings is 1. The van der Waals surface area contributed by atoms with E-state index in [9.17, 15) is 15.3 Å². The first-order chi connectivity index (χ1) is 18.5. The fourth-order valence-corrected chi connectivity index (χ4v) is 6.68. The number of nitriles is 2. The lowest BCUT2D eigenvalue weighted by molar-refractivity contribution is -0.117. The van der Waals surface area contributed by atoms with E-state index in [1.54, 1.807) is 0 Å². The molecule has 1 aromatic carbocycles. The Labute approximate surface area is 229 Å². The molecule has 5 rings (SSSR count). The maximum Gasteiger partial charge on any atom is 0.235 e. The van der Waals surface area contributed by atoms with Crippen molar-refractivity contribution >= 4 is 23.5 Å². The summed E-state index contributed by atoms with van der Waals surface area (Å²) < 4.78 is 0. The Morgan fingerprint density at radius 2 is 1.68 bits per heavy atom. The van der Waals surface area contributed by atoms with E-state index in [2.05, 4.69) is 33.9 Å². The topological polar surface area (TPSA) is 113 Å². The molecule has 1 saturated carbocycles. The summed E-state index contributed by atoms with van der Waals surface area (Å²) in [5.41, 5.74) is 8.35. The van der Waals surface area contributed by atoms with Crippen molar-refractivity contribution in [3.05, 3.63) is 52.6 Å². The lowest BCUT2D eigenvalue weighted by Crippen LogP contribution is -2.47. The molecule has 0 radical (unpaired) electrons. The fourth-order valence-electron chi connectivity index (χ4n) is 5.63. The molecule has 1 aromatic heterocycles. The zero-order chi connectivity index (χ0) is 26.6. The van der Waals surface area contributed by atoms with E-state index in [1.807, 2.05) is 30.3 Å². The molecule has 1 amide bonds. The second kappa shape index (κ2) is 11.7. The Bertz CT molecular complexity index is 1230. The van der Waals surface area contributed by atoms with Gasteiger partial charge in [0.25, 0.3) is 0 Å². The number of hydrogen-bond acceptors (Lipinski definition) is 8. The minimum Gasteiger partial charge on any atom is -0.368 e. The molecule has 2 aliphatic heterocycles. The molecular formula is C29H35N7OS. The number of primary amides is 1. The molecule has 8 nitrogen and oxygen atoms in total. The van der Waals surface area contributed by atoms with Gasteiger partial charge in [0.1, 0.15) is 28.2 Å². The molecule has 3 fully saturated rings. The third-order valence-electron chi connectivity index (χ3n) is 8.01. The fraction of sp³-hybridized carbons (Fsp3) is 0.517. The number of hydrogen-bond donors (Lipinski definition) is 1. The molecule has 198 valence electrons. The van der Waals surface area contributed by atoms with Crippen LogP contribution in [0.5, 0.6) is 0 Å². The molecule has 0 spiro atoms. The summed E-state index contributed by atoms with van der Waals surface area (Å²) in [4.78, 5) is 24.6. The monoisotopic (exact) mass is 529 g/mol. The highest BCUT2D eigenvalue weighted by molar-refractivity contribution is 8.00. The lowest BCUT2D eigenvalue weighted by Gasteiger charge is -2.38. The van der Waals surface area contributed by atoms with Gasteiger partial charge in [0, 0.05) is 45.8 Å². The molecule has 0 bridgehead atoms. The Kier molecular flexibility index (Phi) is 8.18. The highest BCUT2D eigenvalue weighted by atomic mass is 32.2. The van der Waals surface area contributed by atoms with Gasteiger partial charge in [-0.3, -0.25) is 4.79 Å². The number of pyridine rings is 1. The number of anilines is 1. The number of likely N-dealkylation sites (N-methyl/N-ethyl adjacent to an activating group) is 1. The van der Waals surface area contributed by atoms with Crippen molar-refractivity contribution in [1.29, 1.82) is 10.5 Å². The Morgan fingerprint density at radius 3 is 2.26 bits per heavy atom. The van der Waals surface area contributed by atoms with Crippen LogP contribution in [0.2, 0.25) is 0 Å². The van der Waals surface area contributed by atoms with Gasteiger partial charge in [0.2, 0.25) is 5.91 Å². The second-order valence-corrected chi connectivity index (χ2v) is 11.8. The standard InChI is InChI=1S/C29H35N7OS/c1-34-13-15-35(16-14-34)19-20-9-11-36(12-10-20)28-23(17-30)25(21-7-8-21)24(18-31)29(33-28)38-26(27(32)37)22-5-3-2-4-6-22/h2-6,20-21,26H,7-16,19H2,1H3,(H2,32,37). The average Bonchev–Trinajstić information content (AvgIpc) is 3.78. The molecular weight excluding hydrogens is 494 g/mol. The summed E-state index contributed by atoms with van der Waals surface area (Å²) in [6, 6.07) is 14.1. The van der Waals surface area contributed by atoms with Gasteiger partial charge in [0.15, 0.2) is 0 Å².